The van der Waals surface area contributed by atoms with Crippen LogP contribution in [0.2, 0.25) is 0 Å². The number of aromatic nitrogens is 6. The quantitative estimate of drug-likeness (QED) is 0.188. The zero-order valence-corrected chi connectivity index (χ0v) is 26.8. The van der Waals surface area contributed by atoms with Gasteiger partial charge in [-0.15, -0.1) is 0 Å². The number of hydrogen-bond acceptors (Lipinski definition) is 4. The lowest BCUT2D eigenvalue weighted by atomic mass is 10.0. The maximum absolute atomic E-state index is 5.30. The molecule has 10 aromatic rings. The van der Waals surface area contributed by atoms with Gasteiger partial charge in [-0.25, -0.2) is 4.98 Å². The molecule has 6 nitrogen and oxygen atoms in total. The van der Waals surface area contributed by atoms with Crippen LogP contribution in [0.15, 0.2) is 170 Å². The molecule has 6 aromatic carbocycles. The molecule has 0 saturated heterocycles. The number of para-hydroxylation sites is 4. The van der Waals surface area contributed by atoms with Crippen LogP contribution in [0.5, 0.6) is 0 Å². The van der Waals surface area contributed by atoms with Crippen LogP contribution in [0.4, 0.5) is 0 Å². The minimum Gasteiger partial charge on any atom is -0.308 e. The first kappa shape index (κ1) is 28.1. The van der Waals surface area contributed by atoms with E-state index in [9.17, 15) is 0 Å². The van der Waals surface area contributed by atoms with E-state index in [0.717, 1.165) is 71.6 Å². The van der Waals surface area contributed by atoms with Crippen molar-refractivity contribution in [3.8, 4) is 45.5 Å². The summed E-state index contributed by atoms with van der Waals surface area (Å²) in [6.07, 6.45) is 3.79. The second-order valence-electron chi connectivity index (χ2n) is 12.4. The molecule has 0 N–H and O–H groups in total. The summed E-state index contributed by atoms with van der Waals surface area (Å²) in [6.45, 7) is 0. The van der Waals surface area contributed by atoms with Crippen molar-refractivity contribution in [2.24, 2.45) is 0 Å². The second kappa shape index (κ2) is 11.4. The molecule has 0 spiro atoms. The number of pyridine rings is 1. The van der Waals surface area contributed by atoms with Gasteiger partial charge in [-0.1, -0.05) is 115 Å². The minimum atomic E-state index is 0.564. The molecule has 0 aliphatic heterocycles. The summed E-state index contributed by atoms with van der Waals surface area (Å²) >= 11 is 0. The van der Waals surface area contributed by atoms with Crippen molar-refractivity contribution in [3.05, 3.63) is 170 Å². The normalized spacial score (nSPS) is 11.6. The number of fused-ring (bicyclic) bond motifs is 6. The van der Waals surface area contributed by atoms with Crippen molar-refractivity contribution in [1.82, 2.24) is 29.1 Å². The number of rotatable bonds is 5. The Morgan fingerprint density at radius 1 is 0.380 bits per heavy atom. The van der Waals surface area contributed by atoms with Gasteiger partial charge in [0.05, 0.1) is 27.8 Å². The fraction of sp³-hybridized carbons (Fsp3) is 0. The van der Waals surface area contributed by atoms with E-state index >= 15 is 0 Å². The molecule has 50 heavy (non-hydrogen) atoms. The Morgan fingerprint density at radius 3 is 1.70 bits per heavy atom. The van der Waals surface area contributed by atoms with Crippen LogP contribution >= 0.6 is 0 Å². The van der Waals surface area contributed by atoms with E-state index in [4.69, 9.17) is 15.0 Å². The molecule has 4 heterocycles. The van der Waals surface area contributed by atoms with Gasteiger partial charge in [0.15, 0.2) is 11.6 Å². The minimum absolute atomic E-state index is 0.564. The lowest BCUT2D eigenvalue weighted by Crippen LogP contribution is -2.07. The lowest BCUT2D eigenvalue weighted by molar-refractivity contribution is 0.951. The molecular formula is C44H28N6. The van der Waals surface area contributed by atoms with E-state index in [1.54, 1.807) is 0 Å². The number of nitrogens with zero attached hydrogens (tertiary/aromatic N) is 6. The third-order valence-electron chi connectivity index (χ3n) is 9.49. The van der Waals surface area contributed by atoms with Crippen LogP contribution < -0.4 is 0 Å². The van der Waals surface area contributed by atoms with Gasteiger partial charge in [-0.05, 0) is 53.6 Å². The fourth-order valence-electron chi connectivity index (χ4n) is 7.25. The van der Waals surface area contributed by atoms with Gasteiger partial charge >= 0.3 is 0 Å². The Bertz CT molecular complexity index is 2780. The molecule has 0 amide bonds. The highest BCUT2D eigenvalue weighted by Gasteiger charge is 2.21. The SMILES string of the molecule is c1ccc(-c2cccc(-c3nc(-c4ccccc4-n4c5ccccc5c5cnccc54)nc(-n4c5ccccc5c5ccccc54)n3)c2)cc1. The molecular weight excluding hydrogens is 613 g/mol. The van der Waals surface area contributed by atoms with E-state index in [2.05, 4.69) is 160 Å². The molecule has 0 fully saturated rings. The smallest absolute Gasteiger partial charge is 0.238 e. The van der Waals surface area contributed by atoms with Crippen LogP contribution in [0, 0.1) is 0 Å². The summed E-state index contributed by atoms with van der Waals surface area (Å²) in [5.74, 6) is 1.76. The Morgan fingerprint density at radius 2 is 0.940 bits per heavy atom. The van der Waals surface area contributed by atoms with Crippen molar-refractivity contribution in [2.75, 3.05) is 0 Å². The van der Waals surface area contributed by atoms with Crippen molar-refractivity contribution < 1.29 is 0 Å². The molecule has 0 radical (unpaired) electrons. The van der Waals surface area contributed by atoms with Gasteiger partial charge in [0.2, 0.25) is 5.95 Å². The van der Waals surface area contributed by atoms with E-state index < -0.39 is 0 Å². The van der Waals surface area contributed by atoms with Crippen molar-refractivity contribution >= 4 is 43.6 Å². The standard InChI is InChI=1S/C44H28N6/c1-2-13-29(14-3-1)30-15-12-16-31(27-30)42-46-43(48-44(47-42)50-38-22-9-4-17-32(38)33-18-5-10-23-39(33)50)35-20-7-11-24-40(35)49-37-21-8-6-19-34(37)36-28-45-26-25-41(36)49/h1-28H. The molecule has 6 heteroatoms. The highest BCUT2D eigenvalue weighted by molar-refractivity contribution is 6.10. The Kier molecular flexibility index (Phi) is 6.39. The highest BCUT2D eigenvalue weighted by Crippen LogP contribution is 2.37. The molecule has 0 unspecified atom stereocenters. The largest absolute Gasteiger partial charge is 0.308 e. The predicted molar refractivity (Wildman–Crippen MR) is 203 cm³/mol. The van der Waals surface area contributed by atoms with Crippen LogP contribution in [-0.4, -0.2) is 29.1 Å². The maximum atomic E-state index is 5.30. The monoisotopic (exact) mass is 640 g/mol. The molecule has 0 saturated carbocycles. The van der Waals surface area contributed by atoms with Crippen molar-refractivity contribution in [2.45, 2.75) is 0 Å². The van der Waals surface area contributed by atoms with Gasteiger partial charge in [0, 0.05) is 45.1 Å². The van der Waals surface area contributed by atoms with Crippen molar-refractivity contribution in [3.63, 3.8) is 0 Å². The highest BCUT2D eigenvalue weighted by atomic mass is 15.2. The topological polar surface area (TPSA) is 61.4 Å². The van der Waals surface area contributed by atoms with Gasteiger partial charge in [0.25, 0.3) is 0 Å². The fourth-order valence-corrected chi connectivity index (χ4v) is 7.25. The Labute approximate surface area is 287 Å². The summed E-state index contributed by atoms with van der Waals surface area (Å²) in [6, 6.07) is 54.6. The Hall–Kier alpha value is -6.92. The van der Waals surface area contributed by atoms with Crippen LogP contribution in [-0.2, 0) is 0 Å². The average Bonchev–Trinajstić information content (AvgIpc) is 3.71. The summed E-state index contributed by atoms with van der Waals surface area (Å²) < 4.78 is 4.45. The number of hydrogen-bond donors (Lipinski definition) is 0. The molecule has 0 aliphatic carbocycles. The van der Waals surface area contributed by atoms with Gasteiger partial charge < -0.3 is 4.57 Å². The van der Waals surface area contributed by atoms with E-state index in [1.807, 2.05) is 24.5 Å². The first-order valence-corrected chi connectivity index (χ1v) is 16.7. The summed E-state index contributed by atoms with van der Waals surface area (Å²) in [4.78, 5) is 20.2. The van der Waals surface area contributed by atoms with E-state index in [-0.39, 0.29) is 0 Å². The van der Waals surface area contributed by atoms with Gasteiger partial charge in [-0.3, -0.25) is 9.55 Å². The molecule has 234 valence electrons. The van der Waals surface area contributed by atoms with Crippen LogP contribution in [0.1, 0.15) is 0 Å². The first-order chi connectivity index (χ1) is 24.8. The average molecular weight is 641 g/mol. The van der Waals surface area contributed by atoms with Crippen LogP contribution in [0.3, 0.4) is 0 Å². The lowest BCUT2D eigenvalue weighted by Gasteiger charge is -2.15. The summed E-state index contributed by atoms with van der Waals surface area (Å²) in [7, 11) is 0. The Balaban J connectivity index is 1.27. The molecule has 0 atom stereocenters. The third kappa shape index (κ3) is 4.43. The zero-order valence-electron chi connectivity index (χ0n) is 26.8. The predicted octanol–water partition coefficient (Wildman–Crippen LogP) is 10.5. The molecule has 0 bridgehead atoms. The molecule has 4 aromatic heterocycles. The second-order valence-corrected chi connectivity index (χ2v) is 12.4. The summed E-state index contributed by atoms with van der Waals surface area (Å²) in [5.41, 5.74) is 9.27. The van der Waals surface area contributed by atoms with Crippen molar-refractivity contribution in [1.29, 1.82) is 0 Å². The van der Waals surface area contributed by atoms with Gasteiger partial charge in [-0.2, -0.15) is 9.97 Å². The van der Waals surface area contributed by atoms with E-state index in [0.29, 0.717) is 17.6 Å². The first-order valence-electron chi connectivity index (χ1n) is 16.7. The third-order valence-corrected chi connectivity index (χ3v) is 9.49. The van der Waals surface area contributed by atoms with E-state index in [1.165, 1.54) is 0 Å². The van der Waals surface area contributed by atoms with Crippen LogP contribution in [0.25, 0.3) is 89.2 Å². The maximum Gasteiger partial charge on any atom is 0.238 e. The summed E-state index contributed by atoms with van der Waals surface area (Å²) in [5, 5.41) is 4.54. The molecule has 0 aliphatic rings. The zero-order chi connectivity index (χ0) is 33.0. The van der Waals surface area contributed by atoms with Gasteiger partial charge in [0.1, 0.15) is 0 Å². The molecule has 10 rings (SSSR count). The number of benzene rings is 6.